The van der Waals surface area contributed by atoms with Gasteiger partial charge >= 0.3 is 0 Å². The van der Waals surface area contributed by atoms with Gasteiger partial charge in [0.1, 0.15) is 0 Å². The van der Waals surface area contributed by atoms with Crippen LogP contribution in [-0.4, -0.2) is 99.3 Å². The molecule has 3 saturated heterocycles. The number of likely N-dealkylation sites (tertiary alicyclic amines) is 2. The molecule has 2 amide bonds. The summed E-state index contributed by atoms with van der Waals surface area (Å²) in [7, 11) is 1.65. The number of carbonyl (C=O) groups excluding carboxylic acids is 2. The smallest absolute Gasteiger partial charge is 0.236 e. The van der Waals surface area contributed by atoms with Gasteiger partial charge in [-0.1, -0.05) is 0 Å². The molecule has 0 aromatic heterocycles. The van der Waals surface area contributed by atoms with Crippen LogP contribution in [0.5, 0.6) is 0 Å². The summed E-state index contributed by atoms with van der Waals surface area (Å²) in [5, 5.41) is 0. The van der Waals surface area contributed by atoms with Gasteiger partial charge in [0.05, 0.1) is 26.4 Å². The van der Waals surface area contributed by atoms with E-state index in [1.807, 2.05) is 9.80 Å². The molecule has 7 heteroatoms. The van der Waals surface area contributed by atoms with E-state index < -0.39 is 0 Å². The molecule has 1 unspecified atom stereocenters. The maximum Gasteiger partial charge on any atom is 0.236 e. The summed E-state index contributed by atoms with van der Waals surface area (Å²) >= 11 is 0. The minimum absolute atomic E-state index is 0.170. The van der Waals surface area contributed by atoms with E-state index in [1.165, 1.54) is 0 Å². The predicted octanol–water partition coefficient (Wildman–Crippen LogP) is -0.194. The Bertz CT molecular complexity index is 467. The summed E-state index contributed by atoms with van der Waals surface area (Å²) in [6.07, 6.45) is 2.73. The quantitative estimate of drug-likeness (QED) is 0.695. The molecule has 1 spiro atoms. The molecule has 3 aliphatic heterocycles. The fraction of sp³-hybridized carbons (Fsp3) is 0.882. The van der Waals surface area contributed by atoms with Gasteiger partial charge in [0.15, 0.2) is 0 Å². The lowest BCUT2D eigenvalue weighted by molar-refractivity contribution is -0.131. The van der Waals surface area contributed by atoms with Crippen molar-refractivity contribution in [3.05, 3.63) is 0 Å². The molecule has 0 N–H and O–H groups in total. The fourth-order valence-corrected chi connectivity index (χ4v) is 4.06. The van der Waals surface area contributed by atoms with Crippen LogP contribution in [-0.2, 0) is 19.1 Å². The van der Waals surface area contributed by atoms with Gasteiger partial charge in [0.25, 0.3) is 0 Å². The van der Waals surface area contributed by atoms with Crippen LogP contribution in [0.25, 0.3) is 0 Å². The Kier molecular flexibility index (Phi) is 5.73. The zero-order valence-electron chi connectivity index (χ0n) is 14.7. The van der Waals surface area contributed by atoms with Crippen molar-refractivity contribution in [1.29, 1.82) is 0 Å². The van der Waals surface area contributed by atoms with Crippen LogP contribution < -0.4 is 0 Å². The largest absolute Gasteiger partial charge is 0.383 e. The highest BCUT2D eigenvalue weighted by Gasteiger charge is 2.45. The Morgan fingerprint density at radius 1 is 1.25 bits per heavy atom. The fourth-order valence-electron chi connectivity index (χ4n) is 4.06. The molecule has 0 aromatic rings. The normalized spacial score (nSPS) is 28.8. The van der Waals surface area contributed by atoms with Gasteiger partial charge in [-0.2, -0.15) is 0 Å². The van der Waals surface area contributed by atoms with Gasteiger partial charge in [0, 0.05) is 58.2 Å². The molecule has 3 rings (SSSR count). The molecule has 0 bridgehead atoms. The third-order valence-electron chi connectivity index (χ3n) is 5.31. The highest BCUT2D eigenvalue weighted by Crippen LogP contribution is 2.34. The van der Waals surface area contributed by atoms with E-state index in [0.717, 1.165) is 39.0 Å². The summed E-state index contributed by atoms with van der Waals surface area (Å²) in [5.41, 5.74) is -0.188. The van der Waals surface area contributed by atoms with E-state index in [2.05, 4.69) is 4.90 Å². The average molecular weight is 339 g/mol. The molecular weight excluding hydrogens is 310 g/mol. The summed E-state index contributed by atoms with van der Waals surface area (Å²) in [5.74, 6) is 0.383. The molecule has 136 valence electrons. The Hall–Kier alpha value is -1.18. The molecular formula is C17H29N3O4. The molecule has 0 aliphatic carbocycles. The standard InChI is InChI=1S/C17H29N3O4/c1-23-8-7-20-13-17(10-15(20)21)12-18(6-9-24-14-17)11-16(22)19-4-2-3-5-19/h2-14H2,1H3. The number of nitrogens with zero attached hydrogens (tertiary/aromatic N) is 3. The van der Waals surface area contributed by atoms with E-state index in [9.17, 15) is 9.59 Å². The average Bonchev–Trinajstić information content (AvgIpc) is 3.13. The first-order chi connectivity index (χ1) is 11.6. The Morgan fingerprint density at radius 2 is 2.04 bits per heavy atom. The van der Waals surface area contributed by atoms with Crippen LogP contribution in [0.3, 0.4) is 0 Å². The number of methoxy groups -OCH3 is 1. The maximum atomic E-state index is 12.4. The topological polar surface area (TPSA) is 62.3 Å². The first-order valence-electron chi connectivity index (χ1n) is 8.96. The van der Waals surface area contributed by atoms with Crippen LogP contribution in [0.1, 0.15) is 19.3 Å². The predicted molar refractivity (Wildman–Crippen MR) is 88.6 cm³/mol. The van der Waals surface area contributed by atoms with Crippen molar-refractivity contribution in [3.63, 3.8) is 0 Å². The third kappa shape index (κ3) is 4.07. The Labute approximate surface area is 143 Å². The zero-order chi connectivity index (χ0) is 17.0. The van der Waals surface area contributed by atoms with Crippen LogP contribution in [0.15, 0.2) is 0 Å². The van der Waals surface area contributed by atoms with E-state index in [0.29, 0.717) is 45.9 Å². The monoisotopic (exact) mass is 339 g/mol. The van der Waals surface area contributed by atoms with Crippen molar-refractivity contribution in [1.82, 2.24) is 14.7 Å². The number of ether oxygens (including phenoxy) is 2. The summed E-state index contributed by atoms with van der Waals surface area (Å²) in [4.78, 5) is 30.8. The van der Waals surface area contributed by atoms with Crippen molar-refractivity contribution in [3.8, 4) is 0 Å². The van der Waals surface area contributed by atoms with Gasteiger partial charge in [-0.3, -0.25) is 14.5 Å². The lowest BCUT2D eigenvalue weighted by Gasteiger charge is -2.31. The second-order valence-corrected chi connectivity index (χ2v) is 7.34. The van der Waals surface area contributed by atoms with E-state index in [4.69, 9.17) is 9.47 Å². The van der Waals surface area contributed by atoms with Gasteiger partial charge < -0.3 is 19.3 Å². The van der Waals surface area contributed by atoms with Crippen molar-refractivity contribution < 1.29 is 19.1 Å². The Balaban J connectivity index is 1.60. The molecule has 0 saturated carbocycles. The minimum Gasteiger partial charge on any atom is -0.383 e. The highest BCUT2D eigenvalue weighted by molar-refractivity contribution is 5.80. The molecule has 24 heavy (non-hydrogen) atoms. The maximum absolute atomic E-state index is 12.4. The summed E-state index contributed by atoms with van der Waals surface area (Å²) in [6, 6.07) is 0. The second-order valence-electron chi connectivity index (χ2n) is 7.34. The molecule has 7 nitrogen and oxygen atoms in total. The molecule has 3 heterocycles. The van der Waals surface area contributed by atoms with Crippen molar-refractivity contribution in [2.75, 3.05) is 72.7 Å². The molecule has 0 aromatic carbocycles. The van der Waals surface area contributed by atoms with E-state index in [1.54, 1.807) is 7.11 Å². The number of amides is 2. The number of hydrogen-bond acceptors (Lipinski definition) is 5. The van der Waals surface area contributed by atoms with Crippen LogP contribution in [0, 0.1) is 5.41 Å². The van der Waals surface area contributed by atoms with Gasteiger partial charge in [-0.25, -0.2) is 0 Å². The third-order valence-corrected chi connectivity index (χ3v) is 5.31. The SMILES string of the molecule is COCCN1CC2(COCCN(CC(=O)N3CCCC3)C2)CC1=O. The number of carbonyl (C=O) groups is 2. The molecule has 3 fully saturated rings. The van der Waals surface area contributed by atoms with Crippen LogP contribution in [0.2, 0.25) is 0 Å². The van der Waals surface area contributed by atoms with Crippen molar-refractivity contribution >= 4 is 11.8 Å². The number of rotatable bonds is 5. The van der Waals surface area contributed by atoms with E-state index in [-0.39, 0.29) is 17.2 Å². The van der Waals surface area contributed by atoms with Crippen LogP contribution in [0.4, 0.5) is 0 Å². The summed E-state index contributed by atoms with van der Waals surface area (Å²) in [6.45, 7) is 6.83. The second kappa shape index (κ2) is 7.80. The number of hydrogen-bond donors (Lipinski definition) is 0. The first kappa shape index (κ1) is 17.6. The van der Waals surface area contributed by atoms with Crippen molar-refractivity contribution in [2.24, 2.45) is 5.41 Å². The van der Waals surface area contributed by atoms with E-state index >= 15 is 0 Å². The minimum atomic E-state index is -0.188. The Morgan fingerprint density at radius 3 is 2.79 bits per heavy atom. The highest BCUT2D eigenvalue weighted by atomic mass is 16.5. The van der Waals surface area contributed by atoms with Gasteiger partial charge in [0.2, 0.25) is 11.8 Å². The van der Waals surface area contributed by atoms with Crippen molar-refractivity contribution in [2.45, 2.75) is 19.3 Å². The lowest BCUT2D eigenvalue weighted by Crippen LogP contribution is -2.45. The molecule has 0 radical (unpaired) electrons. The van der Waals surface area contributed by atoms with Crippen LogP contribution >= 0.6 is 0 Å². The first-order valence-corrected chi connectivity index (χ1v) is 8.96. The summed E-state index contributed by atoms with van der Waals surface area (Å²) < 4.78 is 10.9. The van der Waals surface area contributed by atoms with Gasteiger partial charge in [-0.15, -0.1) is 0 Å². The lowest BCUT2D eigenvalue weighted by atomic mass is 9.87. The molecule has 3 aliphatic rings. The van der Waals surface area contributed by atoms with Gasteiger partial charge in [-0.05, 0) is 12.8 Å². The zero-order valence-corrected chi connectivity index (χ0v) is 14.7. The molecule has 1 atom stereocenters.